The Morgan fingerprint density at radius 3 is 2.63 bits per heavy atom. The van der Waals surface area contributed by atoms with E-state index in [2.05, 4.69) is 58.2 Å². The van der Waals surface area contributed by atoms with E-state index in [0.717, 1.165) is 51.5 Å². The van der Waals surface area contributed by atoms with E-state index in [1.165, 1.54) is 18.4 Å². The minimum absolute atomic E-state index is 0. The number of carbonyl (C=O) groups is 1. The number of piperidine rings is 1. The molecule has 1 heterocycles. The Balaban J connectivity index is 0.00000364. The number of halogens is 1. The van der Waals surface area contributed by atoms with Crippen LogP contribution < -0.4 is 10.2 Å². The SMILES string of the molecule is CCN(CCNC(=NC)N1CCC(C(=O)OC)CC1)c1cccc(C)c1.I. The highest BCUT2D eigenvalue weighted by atomic mass is 127. The third-order valence-electron chi connectivity index (χ3n) is 4.95. The van der Waals surface area contributed by atoms with Crippen LogP contribution in [0.5, 0.6) is 0 Å². The van der Waals surface area contributed by atoms with Crippen molar-refractivity contribution in [2.75, 3.05) is 51.8 Å². The number of guanidine groups is 1. The van der Waals surface area contributed by atoms with Gasteiger partial charge in [-0.25, -0.2) is 0 Å². The van der Waals surface area contributed by atoms with E-state index in [9.17, 15) is 4.79 Å². The van der Waals surface area contributed by atoms with Gasteiger partial charge in [0.25, 0.3) is 0 Å². The Bertz CT molecular complexity index is 616. The van der Waals surface area contributed by atoms with Crippen LogP contribution in [0.1, 0.15) is 25.3 Å². The largest absolute Gasteiger partial charge is 0.469 e. The number of rotatable bonds is 6. The van der Waals surface area contributed by atoms with Crippen molar-refractivity contribution >= 4 is 41.6 Å². The summed E-state index contributed by atoms with van der Waals surface area (Å²) in [6, 6.07) is 8.60. The lowest BCUT2D eigenvalue weighted by molar-refractivity contribution is -0.146. The standard InChI is InChI=1S/C20H32N4O2.HI/c1-5-23(18-8-6-7-16(2)15-18)14-11-22-20(21-3)24-12-9-17(10-13-24)19(25)26-4;/h6-8,15,17H,5,9-14H2,1-4H3,(H,21,22);1H. The topological polar surface area (TPSA) is 57.2 Å². The molecule has 0 bridgehead atoms. The molecule has 6 nitrogen and oxygen atoms in total. The van der Waals surface area contributed by atoms with Gasteiger partial charge in [0.05, 0.1) is 13.0 Å². The van der Waals surface area contributed by atoms with E-state index in [1.807, 2.05) is 7.05 Å². The molecule has 1 aromatic carbocycles. The van der Waals surface area contributed by atoms with Crippen molar-refractivity contribution in [3.05, 3.63) is 29.8 Å². The zero-order valence-corrected chi connectivity index (χ0v) is 19.2. The van der Waals surface area contributed by atoms with Gasteiger partial charge in [0, 0.05) is 45.5 Å². The summed E-state index contributed by atoms with van der Waals surface area (Å²) >= 11 is 0. The van der Waals surface area contributed by atoms with Gasteiger partial charge in [0.2, 0.25) is 0 Å². The molecule has 0 atom stereocenters. The second kappa shape index (κ2) is 12.0. The molecule has 1 fully saturated rings. The molecule has 0 radical (unpaired) electrons. The number of likely N-dealkylation sites (N-methyl/N-ethyl adjacent to an activating group) is 1. The lowest BCUT2D eigenvalue weighted by Crippen LogP contribution is -2.48. The number of anilines is 1. The van der Waals surface area contributed by atoms with Crippen molar-refractivity contribution in [3.8, 4) is 0 Å². The number of benzene rings is 1. The van der Waals surface area contributed by atoms with E-state index in [1.54, 1.807) is 0 Å². The maximum Gasteiger partial charge on any atom is 0.308 e. The van der Waals surface area contributed by atoms with Gasteiger partial charge in [-0.05, 0) is 44.4 Å². The van der Waals surface area contributed by atoms with E-state index in [-0.39, 0.29) is 35.9 Å². The number of aliphatic imine (C=N–C) groups is 1. The number of aryl methyl sites for hydroxylation is 1. The predicted octanol–water partition coefficient (Wildman–Crippen LogP) is 2.90. The molecule has 0 amide bonds. The Morgan fingerprint density at radius 1 is 1.37 bits per heavy atom. The van der Waals surface area contributed by atoms with Crippen molar-refractivity contribution in [1.29, 1.82) is 0 Å². The molecule has 1 aliphatic heterocycles. The number of nitrogens with zero attached hydrogens (tertiary/aromatic N) is 3. The second-order valence-electron chi connectivity index (χ2n) is 6.68. The van der Waals surface area contributed by atoms with E-state index in [4.69, 9.17) is 4.74 Å². The van der Waals surface area contributed by atoms with Crippen LogP contribution in [0.2, 0.25) is 0 Å². The molecule has 0 spiro atoms. The number of carbonyl (C=O) groups excluding carboxylic acids is 1. The summed E-state index contributed by atoms with van der Waals surface area (Å²) in [5.74, 6) is 0.837. The fourth-order valence-corrected chi connectivity index (χ4v) is 3.42. The smallest absolute Gasteiger partial charge is 0.308 e. The highest BCUT2D eigenvalue weighted by Crippen LogP contribution is 2.18. The summed E-state index contributed by atoms with van der Waals surface area (Å²) in [4.78, 5) is 20.7. The summed E-state index contributed by atoms with van der Waals surface area (Å²) < 4.78 is 4.86. The molecule has 1 aromatic rings. The fourth-order valence-electron chi connectivity index (χ4n) is 3.42. The molecule has 2 rings (SSSR count). The normalized spacial score (nSPS) is 15.1. The first-order valence-electron chi connectivity index (χ1n) is 9.44. The summed E-state index contributed by atoms with van der Waals surface area (Å²) in [6.07, 6.45) is 1.63. The Morgan fingerprint density at radius 2 is 2.07 bits per heavy atom. The molecule has 152 valence electrons. The molecule has 0 saturated carbocycles. The number of methoxy groups -OCH3 is 1. The molecule has 1 N–H and O–H groups in total. The first kappa shape index (κ1) is 23.5. The maximum atomic E-state index is 11.7. The minimum Gasteiger partial charge on any atom is -0.469 e. The van der Waals surface area contributed by atoms with Crippen molar-refractivity contribution in [3.63, 3.8) is 0 Å². The van der Waals surface area contributed by atoms with Crippen LogP contribution in [0.3, 0.4) is 0 Å². The van der Waals surface area contributed by atoms with Gasteiger partial charge in [0.1, 0.15) is 0 Å². The second-order valence-corrected chi connectivity index (χ2v) is 6.68. The van der Waals surface area contributed by atoms with E-state index in [0.29, 0.717) is 0 Å². The minimum atomic E-state index is -0.0932. The van der Waals surface area contributed by atoms with Gasteiger partial charge in [-0.15, -0.1) is 24.0 Å². The molecule has 1 aliphatic rings. The zero-order valence-electron chi connectivity index (χ0n) is 16.9. The van der Waals surface area contributed by atoms with Gasteiger partial charge in [-0.3, -0.25) is 9.79 Å². The van der Waals surface area contributed by atoms with Crippen LogP contribution in [0.15, 0.2) is 29.3 Å². The first-order chi connectivity index (χ1) is 12.6. The molecule has 0 aromatic heterocycles. The Labute approximate surface area is 180 Å². The highest BCUT2D eigenvalue weighted by Gasteiger charge is 2.26. The summed E-state index contributed by atoms with van der Waals surface area (Å²) in [5.41, 5.74) is 2.53. The van der Waals surface area contributed by atoms with Gasteiger partial charge in [0.15, 0.2) is 5.96 Å². The summed E-state index contributed by atoms with van der Waals surface area (Å²) in [7, 11) is 3.27. The lowest BCUT2D eigenvalue weighted by Gasteiger charge is -2.33. The van der Waals surface area contributed by atoms with E-state index >= 15 is 0 Å². The quantitative estimate of drug-likeness (QED) is 0.289. The lowest BCUT2D eigenvalue weighted by atomic mass is 9.97. The Hall–Kier alpha value is -1.51. The fraction of sp³-hybridized carbons (Fsp3) is 0.600. The molecular weight excluding hydrogens is 455 g/mol. The molecule has 1 saturated heterocycles. The molecule has 0 unspecified atom stereocenters. The summed E-state index contributed by atoms with van der Waals surface area (Å²) in [5, 5.41) is 3.46. The van der Waals surface area contributed by atoms with Crippen molar-refractivity contribution in [2.24, 2.45) is 10.9 Å². The molecule has 7 heteroatoms. The Kier molecular flexibility index (Phi) is 10.5. The van der Waals surface area contributed by atoms with Crippen LogP contribution in [0.25, 0.3) is 0 Å². The first-order valence-corrected chi connectivity index (χ1v) is 9.44. The molecule has 27 heavy (non-hydrogen) atoms. The molecule has 0 aliphatic carbocycles. The van der Waals surface area contributed by atoms with E-state index < -0.39 is 0 Å². The van der Waals surface area contributed by atoms with Gasteiger partial charge in [-0.1, -0.05) is 12.1 Å². The predicted molar refractivity (Wildman–Crippen MR) is 122 cm³/mol. The van der Waals surface area contributed by atoms with Gasteiger partial charge in [-0.2, -0.15) is 0 Å². The van der Waals surface area contributed by atoms with Crippen LogP contribution >= 0.6 is 24.0 Å². The highest BCUT2D eigenvalue weighted by molar-refractivity contribution is 14.0. The number of nitrogens with one attached hydrogen (secondary N) is 1. The third-order valence-corrected chi connectivity index (χ3v) is 4.95. The van der Waals surface area contributed by atoms with Gasteiger partial charge >= 0.3 is 5.97 Å². The van der Waals surface area contributed by atoms with Crippen LogP contribution in [0, 0.1) is 12.8 Å². The number of likely N-dealkylation sites (tertiary alicyclic amines) is 1. The van der Waals surface area contributed by atoms with Crippen LogP contribution in [-0.4, -0.2) is 63.7 Å². The number of esters is 1. The maximum absolute atomic E-state index is 11.7. The van der Waals surface area contributed by atoms with Crippen molar-refractivity contribution in [1.82, 2.24) is 10.2 Å². The molecular formula is C20H33IN4O2. The average molecular weight is 488 g/mol. The third kappa shape index (κ3) is 6.86. The number of ether oxygens (including phenoxy) is 1. The average Bonchev–Trinajstić information content (AvgIpc) is 2.68. The van der Waals surface area contributed by atoms with Gasteiger partial charge < -0.3 is 19.9 Å². The zero-order chi connectivity index (χ0) is 18.9. The van der Waals surface area contributed by atoms with Crippen molar-refractivity contribution in [2.45, 2.75) is 26.7 Å². The van der Waals surface area contributed by atoms with Crippen molar-refractivity contribution < 1.29 is 9.53 Å². The number of hydrogen-bond donors (Lipinski definition) is 1. The number of hydrogen-bond acceptors (Lipinski definition) is 4. The summed E-state index contributed by atoms with van der Waals surface area (Å²) in [6.45, 7) is 8.66. The van der Waals surface area contributed by atoms with Crippen LogP contribution in [0.4, 0.5) is 5.69 Å². The monoisotopic (exact) mass is 488 g/mol. The van der Waals surface area contributed by atoms with Crippen LogP contribution in [-0.2, 0) is 9.53 Å².